The molecule has 2 aromatic rings. The molecule has 3 nitrogen and oxygen atoms in total. The van der Waals surface area contributed by atoms with Crippen molar-refractivity contribution in [1.82, 2.24) is 5.32 Å². The summed E-state index contributed by atoms with van der Waals surface area (Å²) < 4.78 is 13.4. The van der Waals surface area contributed by atoms with E-state index in [4.69, 9.17) is 28.9 Å². The van der Waals surface area contributed by atoms with Crippen molar-refractivity contribution < 1.29 is 9.18 Å². The Morgan fingerprint density at radius 3 is 2.45 bits per heavy atom. The van der Waals surface area contributed by atoms with Crippen molar-refractivity contribution in [1.29, 1.82) is 0 Å². The molecular formula is C14H11Cl2FN2O. The van der Waals surface area contributed by atoms with Crippen molar-refractivity contribution in [2.75, 3.05) is 5.73 Å². The van der Waals surface area contributed by atoms with E-state index in [1.807, 2.05) is 0 Å². The monoisotopic (exact) mass is 312 g/mol. The fraction of sp³-hybridized carbons (Fsp3) is 0.0714. The fourth-order valence-electron chi connectivity index (χ4n) is 1.65. The summed E-state index contributed by atoms with van der Waals surface area (Å²) in [5.41, 5.74) is 6.19. The molecule has 6 heteroatoms. The smallest absolute Gasteiger partial charge is 0.253 e. The van der Waals surface area contributed by atoms with Gasteiger partial charge in [-0.25, -0.2) is 4.39 Å². The number of nitrogens with two attached hydrogens (primary N) is 1. The molecule has 0 heterocycles. The molecule has 0 saturated carbocycles. The summed E-state index contributed by atoms with van der Waals surface area (Å²) in [4.78, 5) is 12.0. The number of hydrogen-bond donors (Lipinski definition) is 2. The number of amides is 1. The van der Waals surface area contributed by atoms with Crippen LogP contribution in [0.1, 0.15) is 15.9 Å². The summed E-state index contributed by atoms with van der Waals surface area (Å²) in [5.74, 6) is -1.20. The molecule has 104 valence electrons. The number of hydrogen-bond acceptors (Lipinski definition) is 2. The first-order valence-electron chi connectivity index (χ1n) is 5.74. The van der Waals surface area contributed by atoms with Gasteiger partial charge in [0.15, 0.2) is 0 Å². The van der Waals surface area contributed by atoms with Crippen LogP contribution in [0.3, 0.4) is 0 Å². The summed E-state index contributed by atoms with van der Waals surface area (Å²) in [6.07, 6.45) is 0. The van der Waals surface area contributed by atoms with E-state index in [0.29, 0.717) is 5.02 Å². The zero-order valence-electron chi connectivity index (χ0n) is 10.3. The van der Waals surface area contributed by atoms with E-state index >= 15 is 0 Å². The van der Waals surface area contributed by atoms with Crippen LogP contribution in [0, 0.1) is 5.82 Å². The standard InChI is InChI=1S/C14H11Cl2FN2O/c15-9-3-1-8(2-4-9)7-19-14(20)11-5-10(16)6-12(17)13(11)18/h1-6H,7,18H2,(H,19,20). The number of halogens is 3. The number of carbonyl (C=O) groups excluding carboxylic acids is 1. The Morgan fingerprint density at radius 2 is 1.80 bits per heavy atom. The lowest BCUT2D eigenvalue weighted by Gasteiger charge is -2.09. The van der Waals surface area contributed by atoms with Gasteiger partial charge in [-0.2, -0.15) is 0 Å². The quantitative estimate of drug-likeness (QED) is 0.850. The summed E-state index contributed by atoms with van der Waals surface area (Å²) >= 11 is 11.5. The van der Waals surface area contributed by atoms with E-state index in [1.54, 1.807) is 24.3 Å². The molecule has 0 saturated heterocycles. The van der Waals surface area contributed by atoms with E-state index in [-0.39, 0.29) is 22.8 Å². The van der Waals surface area contributed by atoms with Gasteiger partial charge in [0.2, 0.25) is 0 Å². The van der Waals surface area contributed by atoms with E-state index < -0.39 is 11.7 Å². The highest BCUT2D eigenvalue weighted by Crippen LogP contribution is 2.22. The lowest BCUT2D eigenvalue weighted by Crippen LogP contribution is -2.24. The summed E-state index contributed by atoms with van der Waals surface area (Å²) in [6, 6.07) is 9.39. The number of carbonyl (C=O) groups is 1. The molecule has 0 radical (unpaired) electrons. The maximum absolute atomic E-state index is 13.4. The van der Waals surface area contributed by atoms with Crippen molar-refractivity contribution >= 4 is 34.8 Å². The van der Waals surface area contributed by atoms with Gasteiger partial charge in [-0.05, 0) is 29.8 Å². The largest absolute Gasteiger partial charge is 0.396 e. The molecule has 20 heavy (non-hydrogen) atoms. The number of rotatable bonds is 3. The molecule has 2 aromatic carbocycles. The van der Waals surface area contributed by atoms with E-state index in [9.17, 15) is 9.18 Å². The topological polar surface area (TPSA) is 55.1 Å². The number of nitrogens with one attached hydrogen (secondary N) is 1. The van der Waals surface area contributed by atoms with Gasteiger partial charge in [0.1, 0.15) is 5.82 Å². The Balaban J connectivity index is 2.11. The van der Waals surface area contributed by atoms with Crippen LogP contribution in [0.4, 0.5) is 10.1 Å². The first-order valence-corrected chi connectivity index (χ1v) is 6.50. The Morgan fingerprint density at radius 1 is 1.15 bits per heavy atom. The molecule has 0 atom stereocenters. The van der Waals surface area contributed by atoms with Crippen LogP contribution in [0.25, 0.3) is 0 Å². The lowest BCUT2D eigenvalue weighted by atomic mass is 10.1. The Bertz CT molecular complexity index is 644. The van der Waals surface area contributed by atoms with Crippen LogP contribution in [-0.2, 0) is 6.54 Å². The average Bonchev–Trinajstić information content (AvgIpc) is 2.42. The molecule has 1 amide bonds. The minimum absolute atomic E-state index is 0.0176. The third-order valence-electron chi connectivity index (χ3n) is 2.71. The van der Waals surface area contributed by atoms with Gasteiger partial charge < -0.3 is 11.1 Å². The first kappa shape index (κ1) is 14.6. The molecule has 0 unspecified atom stereocenters. The second-order valence-corrected chi connectivity index (χ2v) is 5.03. The molecule has 0 aliphatic rings. The van der Waals surface area contributed by atoms with E-state index in [1.165, 1.54) is 6.07 Å². The van der Waals surface area contributed by atoms with Gasteiger partial charge in [0.05, 0.1) is 11.3 Å². The van der Waals surface area contributed by atoms with Crippen LogP contribution in [-0.4, -0.2) is 5.91 Å². The number of anilines is 1. The lowest BCUT2D eigenvalue weighted by molar-refractivity contribution is 0.0951. The molecule has 0 bridgehead atoms. The molecule has 0 fully saturated rings. The predicted octanol–water partition coefficient (Wildman–Crippen LogP) is 3.64. The average molecular weight is 313 g/mol. The van der Waals surface area contributed by atoms with Crippen molar-refractivity contribution in [2.45, 2.75) is 6.54 Å². The van der Waals surface area contributed by atoms with Crippen molar-refractivity contribution in [2.24, 2.45) is 0 Å². The van der Waals surface area contributed by atoms with Crippen LogP contribution in [0.2, 0.25) is 10.0 Å². The zero-order chi connectivity index (χ0) is 14.7. The van der Waals surface area contributed by atoms with Crippen molar-refractivity contribution in [3.05, 3.63) is 63.4 Å². The van der Waals surface area contributed by atoms with Gasteiger partial charge in [0.25, 0.3) is 5.91 Å². The summed E-state index contributed by atoms with van der Waals surface area (Å²) in [6.45, 7) is 0.281. The van der Waals surface area contributed by atoms with Crippen LogP contribution in [0.5, 0.6) is 0 Å². The third kappa shape index (κ3) is 3.40. The van der Waals surface area contributed by atoms with Crippen molar-refractivity contribution in [3.63, 3.8) is 0 Å². The summed E-state index contributed by atoms with van der Waals surface area (Å²) in [7, 11) is 0. The molecule has 0 aromatic heterocycles. The Labute approximate surface area is 125 Å². The van der Waals surface area contributed by atoms with Gasteiger partial charge in [0, 0.05) is 16.6 Å². The molecule has 3 N–H and O–H groups in total. The predicted molar refractivity (Wildman–Crippen MR) is 78.4 cm³/mol. The highest BCUT2D eigenvalue weighted by atomic mass is 35.5. The highest BCUT2D eigenvalue weighted by Gasteiger charge is 2.14. The van der Waals surface area contributed by atoms with Crippen LogP contribution < -0.4 is 11.1 Å². The van der Waals surface area contributed by atoms with Gasteiger partial charge in [-0.1, -0.05) is 35.3 Å². The van der Waals surface area contributed by atoms with E-state index in [0.717, 1.165) is 11.6 Å². The molecule has 0 aliphatic carbocycles. The van der Waals surface area contributed by atoms with Gasteiger partial charge in [-0.15, -0.1) is 0 Å². The van der Waals surface area contributed by atoms with E-state index in [2.05, 4.69) is 5.32 Å². The van der Waals surface area contributed by atoms with Crippen molar-refractivity contribution in [3.8, 4) is 0 Å². The summed E-state index contributed by atoms with van der Waals surface area (Å²) in [5, 5.41) is 3.37. The maximum Gasteiger partial charge on any atom is 0.253 e. The minimum Gasteiger partial charge on any atom is -0.396 e. The Kier molecular flexibility index (Phi) is 4.47. The normalized spacial score (nSPS) is 10.3. The second-order valence-electron chi connectivity index (χ2n) is 4.16. The highest BCUT2D eigenvalue weighted by molar-refractivity contribution is 6.31. The fourth-order valence-corrected chi connectivity index (χ4v) is 1.98. The van der Waals surface area contributed by atoms with Crippen LogP contribution >= 0.6 is 23.2 Å². The van der Waals surface area contributed by atoms with Gasteiger partial charge >= 0.3 is 0 Å². The number of nitrogen functional groups attached to an aromatic ring is 1. The molecule has 0 spiro atoms. The number of benzene rings is 2. The van der Waals surface area contributed by atoms with Crippen LogP contribution in [0.15, 0.2) is 36.4 Å². The SMILES string of the molecule is Nc1c(F)cc(Cl)cc1C(=O)NCc1ccc(Cl)cc1. The zero-order valence-corrected chi connectivity index (χ0v) is 11.8. The Hall–Kier alpha value is -1.78. The van der Waals surface area contributed by atoms with Gasteiger partial charge in [-0.3, -0.25) is 4.79 Å². The molecule has 0 aliphatic heterocycles. The molecule has 2 rings (SSSR count). The minimum atomic E-state index is -0.714. The maximum atomic E-state index is 13.4. The molecular weight excluding hydrogens is 302 g/mol. The second kappa shape index (κ2) is 6.11. The first-order chi connectivity index (χ1) is 9.47. The third-order valence-corrected chi connectivity index (χ3v) is 3.18.